The van der Waals surface area contributed by atoms with Crippen LogP contribution in [0.15, 0.2) is 60.2 Å². The molecule has 0 aliphatic carbocycles. The largest absolute Gasteiger partial charge is 0.462 e. The number of carbonyl (C=O) groups is 2. The summed E-state index contributed by atoms with van der Waals surface area (Å²) in [5.41, 5.74) is 4.70. The van der Waals surface area contributed by atoms with Crippen LogP contribution in [0.4, 0.5) is 0 Å². The fourth-order valence-electron chi connectivity index (χ4n) is 4.41. The van der Waals surface area contributed by atoms with Crippen molar-refractivity contribution in [2.75, 3.05) is 6.61 Å². The van der Waals surface area contributed by atoms with E-state index < -0.39 is 11.8 Å². The molecular weight excluding hydrogens is 482 g/mol. The van der Waals surface area contributed by atoms with Gasteiger partial charge in [-0.2, -0.15) is 10.5 Å². The second-order valence-corrected chi connectivity index (χ2v) is 9.65. The summed E-state index contributed by atoms with van der Waals surface area (Å²) in [5.74, 6) is -0.923. The number of esters is 1. The van der Waals surface area contributed by atoms with Crippen LogP contribution >= 0.6 is 11.3 Å². The first-order valence-electron chi connectivity index (χ1n) is 11.9. The van der Waals surface area contributed by atoms with Gasteiger partial charge >= 0.3 is 5.97 Å². The number of thiophene rings is 1. The first kappa shape index (κ1) is 25.6. The van der Waals surface area contributed by atoms with Crippen molar-refractivity contribution in [1.29, 1.82) is 10.5 Å². The van der Waals surface area contributed by atoms with Gasteiger partial charge in [0.1, 0.15) is 17.0 Å². The highest BCUT2D eigenvalue weighted by Gasteiger charge is 2.24. The van der Waals surface area contributed by atoms with Crippen molar-refractivity contribution in [3.8, 4) is 12.1 Å². The molecule has 0 radical (unpaired) electrons. The van der Waals surface area contributed by atoms with E-state index in [4.69, 9.17) is 4.74 Å². The molecule has 4 rings (SSSR count). The summed E-state index contributed by atoms with van der Waals surface area (Å²) < 4.78 is 7.26. The molecule has 2 heterocycles. The van der Waals surface area contributed by atoms with Gasteiger partial charge in [0.05, 0.1) is 17.7 Å². The maximum absolute atomic E-state index is 13.3. The molecule has 0 saturated heterocycles. The topological polar surface area (TPSA) is 95.9 Å². The molecule has 0 amide bonds. The third kappa shape index (κ3) is 5.09. The Morgan fingerprint density at radius 3 is 2.43 bits per heavy atom. The van der Waals surface area contributed by atoms with Gasteiger partial charge < -0.3 is 9.30 Å². The predicted molar refractivity (Wildman–Crippen MR) is 144 cm³/mol. The highest BCUT2D eigenvalue weighted by molar-refractivity contribution is 7.14. The van der Waals surface area contributed by atoms with Crippen LogP contribution in [0, 0.1) is 36.5 Å². The lowest BCUT2D eigenvalue weighted by Crippen LogP contribution is -2.06. The van der Waals surface area contributed by atoms with Crippen LogP contribution in [0.3, 0.4) is 0 Å². The van der Waals surface area contributed by atoms with Crippen LogP contribution in [-0.2, 0) is 22.5 Å². The number of rotatable bonds is 8. The predicted octanol–water partition coefficient (Wildman–Crippen LogP) is 6.14. The molecule has 2 aromatic carbocycles. The standard InChI is InChI=1S/C30H25N3O3S/c1-4-36-30(35)29-19(2)25(17-32)28(37-29)15-27(34)22(16-31)14-24-20(3)33(18-21-10-6-5-7-11-21)26-13-9-8-12-23(24)26/h5-14H,4,15,18H2,1-3H3/b22-14+. The zero-order chi connectivity index (χ0) is 26.5. The average Bonchev–Trinajstić information content (AvgIpc) is 3.36. The molecule has 6 nitrogen and oxygen atoms in total. The van der Waals surface area contributed by atoms with Gasteiger partial charge in [0.2, 0.25) is 0 Å². The molecule has 0 aliphatic rings. The molecule has 0 saturated carbocycles. The Bertz CT molecular complexity index is 1610. The maximum Gasteiger partial charge on any atom is 0.348 e. The zero-order valence-corrected chi connectivity index (χ0v) is 21.7. The summed E-state index contributed by atoms with van der Waals surface area (Å²) in [6, 6.07) is 22.2. The number of nitrogens with zero attached hydrogens (tertiary/aromatic N) is 3. The number of nitriles is 2. The van der Waals surface area contributed by atoms with E-state index in [0.717, 1.165) is 39.1 Å². The van der Waals surface area contributed by atoms with Crippen molar-refractivity contribution >= 4 is 40.1 Å². The van der Waals surface area contributed by atoms with Crippen molar-refractivity contribution in [3.05, 3.63) is 97.9 Å². The molecule has 0 bridgehead atoms. The second-order valence-electron chi connectivity index (χ2n) is 8.54. The number of fused-ring (bicyclic) bond motifs is 1. The van der Waals surface area contributed by atoms with E-state index in [1.54, 1.807) is 19.9 Å². The van der Waals surface area contributed by atoms with Crippen molar-refractivity contribution in [3.63, 3.8) is 0 Å². The fourth-order valence-corrected chi connectivity index (χ4v) is 5.55. The van der Waals surface area contributed by atoms with E-state index in [1.165, 1.54) is 0 Å². The number of hydrogen-bond donors (Lipinski definition) is 0. The molecular formula is C30H25N3O3S. The number of Topliss-reactive ketones (excluding diaryl/α,β-unsaturated/α-hetero) is 1. The van der Waals surface area contributed by atoms with E-state index in [1.807, 2.05) is 49.4 Å². The molecule has 0 atom stereocenters. The number of ether oxygens (including phenoxy) is 1. The first-order valence-corrected chi connectivity index (χ1v) is 12.7. The van der Waals surface area contributed by atoms with Gasteiger partial charge in [-0.3, -0.25) is 4.79 Å². The molecule has 184 valence electrons. The Hall–Kier alpha value is -4.46. The lowest BCUT2D eigenvalue weighted by atomic mass is 10.0. The third-order valence-electron chi connectivity index (χ3n) is 6.29. The normalized spacial score (nSPS) is 11.2. The van der Waals surface area contributed by atoms with Crippen molar-refractivity contribution in [2.45, 2.75) is 33.7 Å². The number of carbonyl (C=O) groups excluding carboxylic acids is 2. The van der Waals surface area contributed by atoms with E-state index in [9.17, 15) is 20.1 Å². The van der Waals surface area contributed by atoms with Gasteiger partial charge in [-0.25, -0.2) is 4.79 Å². The lowest BCUT2D eigenvalue weighted by molar-refractivity contribution is -0.114. The van der Waals surface area contributed by atoms with Gasteiger partial charge in [-0.1, -0.05) is 48.5 Å². The Balaban J connectivity index is 1.72. The van der Waals surface area contributed by atoms with Crippen LogP contribution in [0.1, 0.15) is 49.4 Å². The summed E-state index contributed by atoms with van der Waals surface area (Å²) in [6.07, 6.45) is 1.50. The molecule has 0 fully saturated rings. The van der Waals surface area contributed by atoms with Crippen molar-refractivity contribution < 1.29 is 14.3 Å². The van der Waals surface area contributed by atoms with Crippen LogP contribution in [0.5, 0.6) is 0 Å². The SMILES string of the molecule is CCOC(=O)c1sc(CC(=O)/C(C#N)=C/c2c(C)n(Cc3ccccc3)c3ccccc23)c(C#N)c1C. The maximum atomic E-state index is 13.3. The van der Waals surface area contributed by atoms with Gasteiger partial charge in [0.15, 0.2) is 5.78 Å². The Morgan fingerprint density at radius 1 is 1.05 bits per heavy atom. The molecule has 0 unspecified atom stereocenters. The number of benzene rings is 2. The quantitative estimate of drug-likeness (QED) is 0.162. The van der Waals surface area contributed by atoms with Crippen molar-refractivity contribution in [2.24, 2.45) is 0 Å². The van der Waals surface area contributed by atoms with Crippen LogP contribution < -0.4 is 0 Å². The monoisotopic (exact) mass is 507 g/mol. The number of allylic oxidation sites excluding steroid dienone is 1. The second kappa shape index (κ2) is 11.1. The lowest BCUT2D eigenvalue weighted by Gasteiger charge is -2.08. The molecule has 7 heteroatoms. The van der Waals surface area contributed by atoms with Crippen LogP contribution in [0.25, 0.3) is 17.0 Å². The first-order chi connectivity index (χ1) is 17.9. The number of para-hydroxylation sites is 1. The molecule has 0 aliphatic heterocycles. The highest BCUT2D eigenvalue weighted by Crippen LogP contribution is 2.31. The van der Waals surface area contributed by atoms with Crippen LogP contribution in [-0.4, -0.2) is 22.9 Å². The van der Waals surface area contributed by atoms with Gasteiger partial charge in [-0.15, -0.1) is 11.3 Å². The number of ketones is 1. The fraction of sp³-hybridized carbons (Fsp3) is 0.200. The minimum absolute atomic E-state index is 0.00154. The summed E-state index contributed by atoms with van der Waals surface area (Å²) >= 11 is 1.07. The van der Waals surface area contributed by atoms with Gasteiger partial charge in [0.25, 0.3) is 0 Å². The summed E-state index contributed by atoms with van der Waals surface area (Å²) in [4.78, 5) is 26.3. The van der Waals surface area contributed by atoms with E-state index in [0.29, 0.717) is 21.9 Å². The Morgan fingerprint density at radius 2 is 1.76 bits per heavy atom. The van der Waals surface area contributed by atoms with Crippen LogP contribution in [0.2, 0.25) is 0 Å². The Labute approximate surface area is 219 Å². The van der Waals surface area contributed by atoms with Crippen molar-refractivity contribution in [1.82, 2.24) is 4.57 Å². The Kier molecular flexibility index (Phi) is 7.67. The molecule has 0 spiro atoms. The molecule has 4 aromatic rings. The third-order valence-corrected chi connectivity index (χ3v) is 7.56. The molecule has 0 N–H and O–H groups in total. The number of aromatic nitrogens is 1. The highest BCUT2D eigenvalue weighted by atomic mass is 32.1. The minimum Gasteiger partial charge on any atom is -0.462 e. The summed E-state index contributed by atoms with van der Waals surface area (Å²) in [6.45, 7) is 6.23. The molecule has 2 aromatic heterocycles. The average molecular weight is 508 g/mol. The summed E-state index contributed by atoms with van der Waals surface area (Å²) in [7, 11) is 0. The smallest absolute Gasteiger partial charge is 0.348 e. The van der Waals surface area contributed by atoms with E-state index >= 15 is 0 Å². The zero-order valence-electron chi connectivity index (χ0n) is 20.9. The number of hydrogen-bond acceptors (Lipinski definition) is 6. The summed E-state index contributed by atoms with van der Waals surface area (Å²) in [5, 5.41) is 20.5. The minimum atomic E-state index is -0.516. The molecule has 37 heavy (non-hydrogen) atoms. The van der Waals surface area contributed by atoms with E-state index in [-0.39, 0.29) is 24.2 Å². The van der Waals surface area contributed by atoms with E-state index in [2.05, 4.69) is 28.8 Å². The van der Waals surface area contributed by atoms with Gasteiger partial charge in [-0.05, 0) is 44.0 Å². The van der Waals surface area contributed by atoms with Gasteiger partial charge in [0, 0.05) is 40.0 Å².